The van der Waals surface area contributed by atoms with Crippen molar-refractivity contribution in [3.8, 4) is 20.9 Å². The zero-order chi connectivity index (χ0) is 16.9. The quantitative estimate of drug-likeness (QED) is 0.289. The van der Waals surface area contributed by atoms with Crippen LogP contribution in [0.4, 0.5) is 17.6 Å². The predicted molar refractivity (Wildman–Crippen MR) is 88.0 cm³/mol. The fourth-order valence-corrected chi connectivity index (χ4v) is 6.20. The molecule has 2 heterocycles. The van der Waals surface area contributed by atoms with Crippen molar-refractivity contribution in [3.63, 3.8) is 0 Å². The first-order chi connectivity index (χ1) is 11.4. The Balaban J connectivity index is 1.84. The van der Waals surface area contributed by atoms with Gasteiger partial charge in [-0.15, -0.1) is 22.7 Å². The van der Waals surface area contributed by atoms with Gasteiger partial charge in [-0.3, -0.25) is 0 Å². The van der Waals surface area contributed by atoms with Crippen LogP contribution in [0.15, 0.2) is 0 Å². The summed E-state index contributed by atoms with van der Waals surface area (Å²) >= 11 is 1.67. The molecule has 24 heavy (non-hydrogen) atoms. The Hall–Kier alpha value is -1.66. The molecule has 0 saturated heterocycles. The zero-order valence-electron chi connectivity index (χ0n) is 12.7. The van der Waals surface area contributed by atoms with Crippen molar-refractivity contribution >= 4 is 22.7 Å². The van der Waals surface area contributed by atoms with Crippen molar-refractivity contribution in [2.75, 3.05) is 0 Å². The van der Waals surface area contributed by atoms with Crippen LogP contribution in [0.1, 0.15) is 33.4 Å². The molecule has 2 aliphatic carbocycles. The van der Waals surface area contributed by atoms with Crippen LogP contribution in [0.2, 0.25) is 0 Å². The van der Waals surface area contributed by atoms with E-state index in [1.54, 1.807) is 0 Å². The lowest BCUT2D eigenvalue weighted by molar-refractivity contribution is 0.524. The molecule has 0 aliphatic heterocycles. The lowest BCUT2D eigenvalue weighted by Gasteiger charge is -2.15. The average molecular weight is 366 g/mol. The van der Waals surface area contributed by atoms with E-state index < -0.39 is 21.9 Å². The topological polar surface area (TPSA) is 0 Å². The summed E-state index contributed by atoms with van der Waals surface area (Å²) < 4.78 is 55.3. The highest BCUT2D eigenvalue weighted by atomic mass is 32.1. The van der Waals surface area contributed by atoms with Crippen molar-refractivity contribution < 1.29 is 17.6 Å². The van der Waals surface area contributed by atoms with Crippen LogP contribution in [0.5, 0.6) is 0 Å². The molecule has 6 heteroatoms. The minimum atomic E-state index is -0.782. The Morgan fingerprint density at radius 1 is 0.625 bits per heavy atom. The summed E-state index contributed by atoms with van der Waals surface area (Å²) in [6, 6.07) is 0. The first-order valence-corrected chi connectivity index (χ1v) is 9.12. The predicted octanol–water partition coefficient (Wildman–Crippen LogP) is 6.13. The molecule has 0 nitrogen and oxygen atoms in total. The zero-order valence-corrected chi connectivity index (χ0v) is 14.4. The average Bonchev–Trinajstić information content (AvgIpc) is 3.23. The molecule has 0 fully saturated rings. The third-order valence-corrected chi connectivity index (χ3v) is 7.25. The molecule has 2 aliphatic rings. The largest absolute Gasteiger partial charge is 0.213 e. The number of hydrogen-bond donors (Lipinski definition) is 0. The molecule has 0 saturated carbocycles. The molecular formula is C18H10F4S2. The normalized spacial score (nSPS) is 13.9. The first kappa shape index (κ1) is 14.7. The molecule has 2 aromatic heterocycles. The van der Waals surface area contributed by atoms with Gasteiger partial charge in [0.2, 0.25) is 10.3 Å². The lowest BCUT2D eigenvalue weighted by Crippen LogP contribution is -1.98. The number of thiophene rings is 2. The summed E-state index contributed by atoms with van der Waals surface area (Å²) in [5, 5.41) is -1.56. The maximum absolute atomic E-state index is 14.0. The fourth-order valence-electron chi connectivity index (χ4n) is 4.09. The highest BCUT2D eigenvalue weighted by molar-refractivity contribution is 7.14. The molecule has 3 aromatic rings. The maximum atomic E-state index is 14.0. The number of halogens is 4. The minimum absolute atomic E-state index is 0.336. The van der Waals surface area contributed by atoms with Gasteiger partial charge in [0.1, 0.15) is 0 Å². The monoisotopic (exact) mass is 366 g/mol. The Kier molecular flexibility index (Phi) is 2.74. The van der Waals surface area contributed by atoms with Gasteiger partial charge in [0, 0.05) is 33.7 Å². The molecular weight excluding hydrogens is 356 g/mol. The van der Waals surface area contributed by atoms with Crippen molar-refractivity contribution in [2.45, 2.75) is 26.7 Å². The van der Waals surface area contributed by atoms with E-state index in [2.05, 4.69) is 0 Å². The molecule has 0 N–H and O–H groups in total. The van der Waals surface area contributed by atoms with Crippen molar-refractivity contribution in [1.29, 1.82) is 0 Å². The van der Waals surface area contributed by atoms with E-state index in [1.807, 2.05) is 13.8 Å². The highest BCUT2D eigenvalue weighted by Gasteiger charge is 2.37. The maximum Gasteiger partial charge on any atom is 0.213 e. The lowest BCUT2D eigenvalue weighted by atomic mass is 9.90. The van der Waals surface area contributed by atoms with Gasteiger partial charge >= 0.3 is 0 Å². The molecule has 0 unspecified atom stereocenters. The van der Waals surface area contributed by atoms with Gasteiger partial charge in [0.05, 0.1) is 0 Å². The Labute approximate surface area is 143 Å². The standard InChI is InChI=1S/C18H10F4S2/c1-5-7-3-9-13(19)18(22)24-16(9)12(7)6(2)8-4-10-14(20)17(21)23-15(10)11(5)8/h3-4H2,1-2H3. The number of hydrogen-bond acceptors (Lipinski definition) is 2. The molecule has 122 valence electrons. The summed E-state index contributed by atoms with van der Waals surface area (Å²) in [5.41, 5.74) is 6.33. The van der Waals surface area contributed by atoms with Gasteiger partial charge in [-0.2, -0.15) is 8.78 Å². The fraction of sp³-hybridized carbons (Fsp3) is 0.222. The van der Waals surface area contributed by atoms with E-state index in [0.29, 0.717) is 33.7 Å². The summed E-state index contributed by atoms with van der Waals surface area (Å²) in [6.07, 6.45) is 0.672. The van der Waals surface area contributed by atoms with Gasteiger partial charge in [0.25, 0.3) is 0 Å². The molecule has 0 atom stereocenters. The van der Waals surface area contributed by atoms with Crippen LogP contribution in [0.3, 0.4) is 0 Å². The van der Waals surface area contributed by atoms with E-state index in [-0.39, 0.29) is 0 Å². The Morgan fingerprint density at radius 3 is 1.38 bits per heavy atom. The highest BCUT2D eigenvalue weighted by Crippen LogP contribution is 2.54. The van der Waals surface area contributed by atoms with Gasteiger partial charge in [-0.25, -0.2) is 8.78 Å². The molecule has 0 spiro atoms. The molecule has 0 bridgehead atoms. The van der Waals surface area contributed by atoms with Crippen LogP contribution in [-0.2, 0) is 12.8 Å². The second-order valence-electron chi connectivity index (χ2n) is 6.31. The second-order valence-corrected chi connectivity index (χ2v) is 8.25. The molecule has 0 amide bonds. The van der Waals surface area contributed by atoms with E-state index in [9.17, 15) is 17.6 Å². The Morgan fingerprint density at radius 2 is 1.00 bits per heavy atom. The Bertz CT molecular complexity index is 986. The van der Waals surface area contributed by atoms with E-state index in [1.165, 1.54) is 0 Å². The van der Waals surface area contributed by atoms with Gasteiger partial charge < -0.3 is 0 Å². The van der Waals surface area contributed by atoms with Crippen LogP contribution < -0.4 is 0 Å². The molecule has 1 aromatic carbocycles. The number of rotatable bonds is 0. The van der Waals surface area contributed by atoms with E-state index in [4.69, 9.17) is 0 Å². The van der Waals surface area contributed by atoms with Crippen molar-refractivity contribution in [2.24, 2.45) is 0 Å². The van der Waals surface area contributed by atoms with Gasteiger partial charge in [-0.05, 0) is 47.2 Å². The van der Waals surface area contributed by atoms with Gasteiger partial charge in [-0.1, -0.05) is 0 Å². The van der Waals surface area contributed by atoms with Crippen molar-refractivity contribution in [1.82, 2.24) is 0 Å². The van der Waals surface area contributed by atoms with Crippen LogP contribution in [0, 0.1) is 35.7 Å². The smallest absolute Gasteiger partial charge is 0.202 e. The summed E-state index contributed by atoms with van der Waals surface area (Å²) in [5.74, 6) is -1.53. The molecule has 0 radical (unpaired) electrons. The van der Waals surface area contributed by atoms with Crippen molar-refractivity contribution in [3.05, 3.63) is 55.3 Å². The first-order valence-electron chi connectivity index (χ1n) is 7.49. The van der Waals surface area contributed by atoms with Crippen LogP contribution in [0.25, 0.3) is 20.9 Å². The second kappa shape index (κ2) is 4.49. The number of benzene rings is 1. The third-order valence-electron chi connectivity index (χ3n) is 5.23. The SMILES string of the molecule is Cc1c2c(c(C)c3c1-c1sc(F)c(F)c1C3)-c1sc(F)c(F)c1C2. The number of fused-ring (bicyclic) bond motifs is 6. The third kappa shape index (κ3) is 1.54. The molecule has 5 rings (SSSR count). The summed E-state index contributed by atoms with van der Waals surface area (Å²) in [7, 11) is 0. The van der Waals surface area contributed by atoms with Crippen LogP contribution in [-0.4, -0.2) is 0 Å². The summed E-state index contributed by atoms with van der Waals surface area (Å²) in [6.45, 7) is 3.82. The van der Waals surface area contributed by atoms with Crippen LogP contribution >= 0.6 is 22.7 Å². The van der Waals surface area contributed by atoms with E-state index in [0.717, 1.165) is 56.1 Å². The summed E-state index contributed by atoms with van der Waals surface area (Å²) in [4.78, 5) is 1.29. The minimum Gasteiger partial charge on any atom is -0.202 e. The van der Waals surface area contributed by atoms with Gasteiger partial charge in [0.15, 0.2) is 11.6 Å². The van der Waals surface area contributed by atoms with E-state index >= 15 is 0 Å².